The Morgan fingerprint density at radius 1 is 0.966 bits per heavy atom. The normalized spacial score (nSPS) is 22.2. The molecule has 29 heavy (non-hydrogen) atoms. The summed E-state index contributed by atoms with van der Waals surface area (Å²) < 4.78 is 0. The number of aryl methyl sites for hydroxylation is 1. The summed E-state index contributed by atoms with van der Waals surface area (Å²) in [6.45, 7) is 1.92. The number of ketones is 1. The van der Waals surface area contributed by atoms with Crippen LogP contribution in [-0.2, 0) is 9.59 Å². The average Bonchev–Trinajstić information content (AvgIpc) is 2.67. The molecule has 0 saturated carbocycles. The number of aliphatic imine (C=N–C) groups is 2. The van der Waals surface area contributed by atoms with Crippen LogP contribution in [-0.4, -0.2) is 33.8 Å². The van der Waals surface area contributed by atoms with Gasteiger partial charge >= 0.3 is 5.69 Å². The van der Waals surface area contributed by atoms with Crippen molar-refractivity contribution >= 4 is 29.7 Å². The number of amidine groups is 1. The van der Waals surface area contributed by atoms with Crippen LogP contribution >= 0.6 is 0 Å². The van der Waals surface area contributed by atoms with E-state index in [0.29, 0.717) is 5.56 Å². The molecule has 3 aliphatic heterocycles. The van der Waals surface area contributed by atoms with Crippen LogP contribution in [0.25, 0.3) is 0 Å². The zero-order chi connectivity index (χ0) is 20.3. The highest BCUT2D eigenvalue weighted by Gasteiger charge is 2.46. The summed E-state index contributed by atoms with van der Waals surface area (Å²) >= 11 is 0. The zero-order valence-electron chi connectivity index (χ0n) is 15.1. The van der Waals surface area contributed by atoms with Gasteiger partial charge in [0.05, 0.1) is 23.4 Å². The Labute approximate surface area is 162 Å². The molecule has 0 saturated heterocycles. The van der Waals surface area contributed by atoms with E-state index in [1.54, 1.807) is 12.1 Å². The SMILES string of the molecule is Cc1ccc(C2C3=C(N=C4N=CNC(=O)C4C3=O)Nc3[nH]c(=O)[nH]c(=O)c32)cc1. The van der Waals surface area contributed by atoms with Crippen LogP contribution in [0.5, 0.6) is 0 Å². The topological polar surface area (TPSA) is 149 Å². The molecule has 2 unspecified atom stereocenters. The van der Waals surface area contributed by atoms with E-state index in [0.717, 1.165) is 5.56 Å². The summed E-state index contributed by atoms with van der Waals surface area (Å²) in [5.74, 6) is -2.64. The number of aromatic amines is 2. The Hall–Kier alpha value is -4.08. The number of rotatable bonds is 1. The fourth-order valence-corrected chi connectivity index (χ4v) is 3.81. The van der Waals surface area contributed by atoms with Gasteiger partial charge in [-0.05, 0) is 12.5 Å². The lowest BCUT2D eigenvalue weighted by Crippen LogP contribution is -2.47. The quantitative estimate of drug-likeness (QED) is 0.502. The van der Waals surface area contributed by atoms with Crippen molar-refractivity contribution in [3.8, 4) is 0 Å². The molecular formula is C19H14N6O4. The fourth-order valence-electron chi connectivity index (χ4n) is 3.81. The summed E-state index contributed by atoms with van der Waals surface area (Å²) in [5.41, 5.74) is 0.718. The lowest BCUT2D eigenvalue weighted by atomic mass is 9.77. The Bertz CT molecular complexity index is 1300. The second-order valence-electron chi connectivity index (χ2n) is 6.96. The number of amides is 1. The Morgan fingerprint density at radius 3 is 2.48 bits per heavy atom. The first kappa shape index (κ1) is 17.0. The Balaban J connectivity index is 1.80. The second kappa shape index (κ2) is 5.96. The van der Waals surface area contributed by atoms with E-state index in [9.17, 15) is 19.2 Å². The number of fused-ring (bicyclic) bond motifs is 2. The maximum atomic E-state index is 13.3. The summed E-state index contributed by atoms with van der Waals surface area (Å²) in [4.78, 5) is 63.2. The van der Waals surface area contributed by atoms with E-state index in [2.05, 4.69) is 30.6 Å². The Kier molecular flexibility index (Phi) is 3.50. The highest BCUT2D eigenvalue weighted by Crippen LogP contribution is 2.42. The van der Waals surface area contributed by atoms with Crippen LogP contribution in [0.4, 0.5) is 5.82 Å². The van der Waals surface area contributed by atoms with E-state index >= 15 is 0 Å². The van der Waals surface area contributed by atoms with Crippen molar-refractivity contribution in [3.63, 3.8) is 0 Å². The van der Waals surface area contributed by atoms with Gasteiger partial charge in [-0.25, -0.2) is 14.8 Å². The third-order valence-electron chi connectivity index (χ3n) is 5.14. The number of hydrogen-bond donors (Lipinski definition) is 4. The molecule has 1 amide bonds. The van der Waals surface area contributed by atoms with Gasteiger partial charge in [-0.1, -0.05) is 29.8 Å². The van der Waals surface area contributed by atoms with Crippen LogP contribution in [0.15, 0.2) is 55.2 Å². The molecule has 4 N–H and O–H groups in total. The van der Waals surface area contributed by atoms with Crippen molar-refractivity contribution in [2.75, 3.05) is 5.32 Å². The van der Waals surface area contributed by atoms with Crippen molar-refractivity contribution in [1.82, 2.24) is 15.3 Å². The van der Waals surface area contributed by atoms with Gasteiger partial charge in [0.25, 0.3) is 5.56 Å². The first-order valence-electron chi connectivity index (χ1n) is 8.84. The molecule has 144 valence electrons. The number of H-pyrrole nitrogens is 2. The molecule has 3 aliphatic rings. The van der Waals surface area contributed by atoms with E-state index in [4.69, 9.17) is 0 Å². The predicted molar refractivity (Wildman–Crippen MR) is 104 cm³/mol. The third kappa shape index (κ3) is 2.49. The van der Waals surface area contributed by atoms with Gasteiger partial charge in [0, 0.05) is 0 Å². The van der Waals surface area contributed by atoms with Crippen molar-refractivity contribution in [2.45, 2.75) is 12.8 Å². The van der Waals surface area contributed by atoms with Gasteiger partial charge in [-0.3, -0.25) is 24.4 Å². The molecule has 2 atom stereocenters. The summed E-state index contributed by atoms with van der Waals surface area (Å²) in [6.07, 6.45) is 1.18. The predicted octanol–water partition coefficient (Wildman–Crippen LogP) is -0.104. The van der Waals surface area contributed by atoms with Crippen LogP contribution in [0.3, 0.4) is 0 Å². The summed E-state index contributed by atoms with van der Waals surface area (Å²) in [6, 6.07) is 7.32. The number of hydrogen-bond acceptors (Lipinski definition) is 7. The number of carbonyl (C=O) groups is 2. The molecule has 0 bridgehead atoms. The maximum Gasteiger partial charge on any atom is 0.327 e. The standard InChI is InChI=1S/C19H14N6O4/c1-7-2-4-8(5-3-7)9-10-13(26)12-14(20-6-21-17(12)27)22-15(10)23-16-11(9)18(28)25-19(29)24-16/h2-6,9,12H,1H3,(H,20,21,22,27)(H3,23,24,25,28,29). The van der Waals surface area contributed by atoms with Crippen LogP contribution in [0.1, 0.15) is 22.6 Å². The molecule has 2 aromatic rings. The minimum atomic E-state index is -1.18. The largest absolute Gasteiger partial charge is 0.327 e. The van der Waals surface area contributed by atoms with Gasteiger partial charge < -0.3 is 10.6 Å². The molecule has 10 heteroatoms. The lowest BCUT2D eigenvalue weighted by Gasteiger charge is -2.33. The minimum absolute atomic E-state index is 0.0586. The second-order valence-corrected chi connectivity index (χ2v) is 6.96. The first-order valence-corrected chi connectivity index (χ1v) is 8.84. The van der Waals surface area contributed by atoms with Gasteiger partial charge in [0.2, 0.25) is 5.91 Å². The monoisotopic (exact) mass is 390 g/mol. The van der Waals surface area contributed by atoms with Crippen LogP contribution < -0.4 is 21.9 Å². The van der Waals surface area contributed by atoms with E-state index in [1.165, 1.54) is 6.34 Å². The van der Waals surface area contributed by atoms with Crippen molar-refractivity contribution < 1.29 is 9.59 Å². The number of aromatic nitrogens is 2. The number of benzene rings is 1. The van der Waals surface area contributed by atoms with Crippen molar-refractivity contribution in [2.24, 2.45) is 15.9 Å². The number of Topliss-reactive ketones (excluding diaryl/α,β-unsaturated/α-hetero) is 1. The van der Waals surface area contributed by atoms with E-state index in [-0.39, 0.29) is 28.6 Å². The van der Waals surface area contributed by atoms with Crippen molar-refractivity contribution in [3.05, 3.63) is 73.2 Å². The zero-order valence-corrected chi connectivity index (χ0v) is 15.1. The number of allylic oxidation sites excluding steroid dienone is 1. The van der Waals surface area contributed by atoms with E-state index < -0.39 is 34.8 Å². The van der Waals surface area contributed by atoms with Crippen LogP contribution in [0, 0.1) is 12.8 Å². The molecule has 10 nitrogen and oxygen atoms in total. The molecule has 5 rings (SSSR count). The van der Waals surface area contributed by atoms with Crippen molar-refractivity contribution in [1.29, 1.82) is 0 Å². The van der Waals surface area contributed by atoms with Gasteiger partial charge in [0.1, 0.15) is 11.6 Å². The Morgan fingerprint density at radius 2 is 1.72 bits per heavy atom. The third-order valence-corrected chi connectivity index (χ3v) is 5.14. The molecule has 1 aromatic carbocycles. The van der Waals surface area contributed by atoms with Crippen LogP contribution in [0.2, 0.25) is 0 Å². The molecule has 4 heterocycles. The van der Waals surface area contributed by atoms with E-state index in [1.807, 2.05) is 19.1 Å². The average molecular weight is 390 g/mol. The number of carbonyl (C=O) groups excluding carboxylic acids is 2. The molecule has 0 fully saturated rings. The molecule has 0 aliphatic carbocycles. The maximum absolute atomic E-state index is 13.3. The van der Waals surface area contributed by atoms with Gasteiger partial charge in [-0.2, -0.15) is 0 Å². The van der Waals surface area contributed by atoms with Gasteiger partial charge in [0.15, 0.2) is 17.5 Å². The first-order chi connectivity index (χ1) is 13.9. The number of nitrogens with zero attached hydrogens (tertiary/aromatic N) is 2. The van der Waals surface area contributed by atoms with Gasteiger partial charge in [-0.15, -0.1) is 0 Å². The summed E-state index contributed by atoms with van der Waals surface area (Å²) in [5, 5.41) is 5.28. The highest BCUT2D eigenvalue weighted by atomic mass is 16.2. The lowest BCUT2D eigenvalue weighted by molar-refractivity contribution is -0.128. The highest BCUT2D eigenvalue weighted by molar-refractivity contribution is 6.30. The number of nitrogens with one attached hydrogen (secondary N) is 4. The summed E-state index contributed by atoms with van der Waals surface area (Å²) in [7, 11) is 0. The smallest absolute Gasteiger partial charge is 0.326 e. The molecule has 1 aromatic heterocycles. The molecule has 0 radical (unpaired) electrons. The number of anilines is 1. The fraction of sp³-hybridized carbons (Fsp3) is 0.158. The minimum Gasteiger partial charge on any atom is -0.326 e. The molecule has 0 spiro atoms. The molecular weight excluding hydrogens is 376 g/mol.